The number of hydrogen-bond acceptors (Lipinski definition) is 5. The molecule has 2 aromatic heterocycles. The Kier molecular flexibility index (Phi) is 6.81. The van der Waals surface area contributed by atoms with E-state index in [0.717, 1.165) is 15.6 Å². The highest BCUT2D eigenvalue weighted by Gasteiger charge is 2.30. The molecule has 8 nitrogen and oxygen atoms in total. The molecule has 1 N–H and O–H groups in total. The summed E-state index contributed by atoms with van der Waals surface area (Å²) in [6.45, 7) is 8.91. The Bertz CT molecular complexity index is 1360. The van der Waals surface area contributed by atoms with Gasteiger partial charge in [-0.05, 0) is 49.1 Å². The van der Waals surface area contributed by atoms with Crippen LogP contribution in [0, 0.1) is 6.92 Å². The van der Waals surface area contributed by atoms with Crippen molar-refractivity contribution in [1.82, 2.24) is 19.4 Å². The standard InChI is InChI=1S/C23H24BrCl2N5O3/c1-11(2)15-8-14(24)7-12(3)18(15)31-21-16(9-17(25)19(26)27-21)20(28-22(31)32)30-6-5-29(23(33)34)10-13(30)4/h7-9,11,13H,5-6,10H2,1-4H3,(H,33,34)/t13-/m0/s1. The molecule has 0 radical (unpaired) electrons. The predicted molar refractivity (Wildman–Crippen MR) is 138 cm³/mol. The topological polar surface area (TPSA) is 91.6 Å². The fraction of sp³-hybridized carbons (Fsp3) is 0.391. The minimum absolute atomic E-state index is 0.0871. The molecule has 34 heavy (non-hydrogen) atoms. The van der Waals surface area contributed by atoms with Gasteiger partial charge in [-0.2, -0.15) is 4.98 Å². The van der Waals surface area contributed by atoms with Crippen LogP contribution in [0.25, 0.3) is 16.7 Å². The van der Waals surface area contributed by atoms with Crippen LogP contribution in [-0.4, -0.2) is 56.3 Å². The first-order valence-corrected chi connectivity index (χ1v) is 12.4. The quantitative estimate of drug-likeness (QED) is 0.421. The van der Waals surface area contributed by atoms with Gasteiger partial charge in [-0.3, -0.25) is 0 Å². The molecule has 4 rings (SSSR count). The Balaban J connectivity index is 2.01. The molecule has 0 spiro atoms. The van der Waals surface area contributed by atoms with E-state index in [4.69, 9.17) is 23.2 Å². The van der Waals surface area contributed by atoms with Gasteiger partial charge in [-0.1, -0.05) is 53.0 Å². The molecular weight excluding hydrogens is 545 g/mol. The first-order chi connectivity index (χ1) is 16.0. The van der Waals surface area contributed by atoms with Gasteiger partial charge in [0.05, 0.1) is 16.1 Å². The molecule has 180 valence electrons. The molecule has 3 aromatic rings. The van der Waals surface area contributed by atoms with E-state index < -0.39 is 11.8 Å². The van der Waals surface area contributed by atoms with Crippen LogP contribution >= 0.6 is 39.1 Å². The summed E-state index contributed by atoms with van der Waals surface area (Å²) in [6, 6.07) is 5.40. The number of aryl methyl sites for hydroxylation is 1. The summed E-state index contributed by atoms with van der Waals surface area (Å²) in [5.74, 6) is 0.542. The van der Waals surface area contributed by atoms with Gasteiger partial charge in [0, 0.05) is 30.1 Å². The monoisotopic (exact) mass is 567 g/mol. The largest absolute Gasteiger partial charge is 0.465 e. The summed E-state index contributed by atoms with van der Waals surface area (Å²) in [4.78, 5) is 37.3. The van der Waals surface area contributed by atoms with Crippen molar-refractivity contribution in [2.24, 2.45) is 0 Å². The van der Waals surface area contributed by atoms with Crippen LogP contribution < -0.4 is 10.6 Å². The zero-order chi connectivity index (χ0) is 24.9. The highest BCUT2D eigenvalue weighted by molar-refractivity contribution is 9.10. The van der Waals surface area contributed by atoms with E-state index in [1.54, 1.807) is 6.07 Å². The lowest BCUT2D eigenvalue weighted by molar-refractivity contribution is 0.136. The number of hydrogen-bond donors (Lipinski definition) is 1. The second-order valence-electron chi connectivity index (χ2n) is 8.77. The van der Waals surface area contributed by atoms with E-state index in [-0.39, 0.29) is 22.1 Å². The third-order valence-electron chi connectivity index (χ3n) is 6.07. The highest BCUT2D eigenvalue weighted by Crippen LogP contribution is 2.35. The average Bonchev–Trinajstić information content (AvgIpc) is 2.75. The molecule has 0 unspecified atom stereocenters. The van der Waals surface area contributed by atoms with Crippen molar-refractivity contribution >= 4 is 62.1 Å². The second kappa shape index (κ2) is 9.36. The van der Waals surface area contributed by atoms with Gasteiger partial charge in [0.25, 0.3) is 0 Å². The summed E-state index contributed by atoms with van der Waals surface area (Å²) >= 11 is 16.2. The molecular formula is C23H24BrCl2N5O3. The molecule has 1 aliphatic rings. The third kappa shape index (κ3) is 4.36. The summed E-state index contributed by atoms with van der Waals surface area (Å²) in [7, 11) is 0. The Morgan fingerprint density at radius 3 is 2.53 bits per heavy atom. The minimum atomic E-state index is -0.969. The first kappa shape index (κ1) is 24.8. The van der Waals surface area contributed by atoms with Gasteiger partial charge in [0.2, 0.25) is 0 Å². The molecule has 1 fully saturated rings. The van der Waals surface area contributed by atoms with Crippen molar-refractivity contribution in [2.75, 3.05) is 24.5 Å². The molecule has 0 saturated carbocycles. The summed E-state index contributed by atoms with van der Waals surface area (Å²) in [5, 5.41) is 10.3. The fourth-order valence-corrected chi connectivity index (χ4v) is 5.33. The maximum Gasteiger partial charge on any atom is 0.407 e. The van der Waals surface area contributed by atoms with Crippen molar-refractivity contribution in [1.29, 1.82) is 0 Å². The van der Waals surface area contributed by atoms with E-state index in [1.807, 2.05) is 30.9 Å². The van der Waals surface area contributed by atoms with Crippen molar-refractivity contribution in [3.05, 3.63) is 54.5 Å². The van der Waals surface area contributed by atoms with E-state index in [1.165, 1.54) is 9.47 Å². The maximum absolute atomic E-state index is 13.6. The Hall–Kier alpha value is -2.36. The number of pyridine rings is 1. The number of nitrogens with zero attached hydrogens (tertiary/aromatic N) is 5. The zero-order valence-electron chi connectivity index (χ0n) is 19.1. The van der Waals surface area contributed by atoms with Gasteiger partial charge in [0.1, 0.15) is 11.0 Å². The number of carbonyl (C=O) groups is 1. The van der Waals surface area contributed by atoms with Crippen LogP contribution in [0.1, 0.15) is 37.8 Å². The van der Waals surface area contributed by atoms with Crippen LogP contribution in [0.2, 0.25) is 10.2 Å². The number of aromatic nitrogens is 3. The smallest absolute Gasteiger partial charge is 0.407 e. The molecule has 1 amide bonds. The summed E-state index contributed by atoms with van der Waals surface area (Å²) in [5.41, 5.74) is 2.41. The van der Waals surface area contributed by atoms with Crippen molar-refractivity contribution in [3.63, 3.8) is 0 Å². The summed E-state index contributed by atoms with van der Waals surface area (Å²) in [6.07, 6.45) is -0.969. The van der Waals surface area contributed by atoms with Gasteiger partial charge < -0.3 is 14.9 Å². The van der Waals surface area contributed by atoms with Crippen LogP contribution in [-0.2, 0) is 0 Å². The van der Waals surface area contributed by atoms with Crippen LogP contribution in [0.3, 0.4) is 0 Å². The number of amides is 1. The maximum atomic E-state index is 13.6. The van der Waals surface area contributed by atoms with Crippen molar-refractivity contribution in [3.8, 4) is 5.69 Å². The van der Waals surface area contributed by atoms with E-state index >= 15 is 0 Å². The third-order valence-corrected chi connectivity index (χ3v) is 7.20. The van der Waals surface area contributed by atoms with E-state index in [2.05, 4.69) is 39.7 Å². The van der Waals surface area contributed by atoms with Crippen LogP contribution in [0.5, 0.6) is 0 Å². The molecule has 1 aromatic carbocycles. The molecule has 0 bridgehead atoms. The Morgan fingerprint density at radius 1 is 1.21 bits per heavy atom. The molecule has 1 saturated heterocycles. The average molecular weight is 569 g/mol. The number of piperazine rings is 1. The molecule has 3 heterocycles. The lowest BCUT2D eigenvalue weighted by Crippen LogP contribution is -2.54. The highest BCUT2D eigenvalue weighted by atomic mass is 79.9. The summed E-state index contributed by atoms with van der Waals surface area (Å²) < 4.78 is 2.41. The zero-order valence-corrected chi connectivity index (χ0v) is 22.2. The van der Waals surface area contributed by atoms with Crippen molar-refractivity contribution < 1.29 is 9.90 Å². The molecule has 1 aliphatic heterocycles. The molecule has 1 atom stereocenters. The van der Waals surface area contributed by atoms with Gasteiger partial charge >= 0.3 is 11.8 Å². The second-order valence-corrected chi connectivity index (χ2v) is 10.5. The van der Waals surface area contributed by atoms with Gasteiger partial charge in [0.15, 0.2) is 5.65 Å². The number of benzene rings is 1. The van der Waals surface area contributed by atoms with Gasteiger partial charge in [-0.25, -0.2) is 19.1 Å². The first-order valence-electron chi connectivity index (χ1n) is 10.8. The number of fused-ring (bicyclic) bond motifs is 1. The van der Waals surface area contributed by atoms with Crippen molar-refractivity contribution in [2.45, 2.75) is 39.7 Å². The Morgan fingerprint density at radius 2 is 1.91 bits per heavy atom. The number of carboxylic acid groups (broad SMARTS) is 1. The number of rotatable bonds is 3. The normalized spacial score (nSPS) is 16.5. The van der Waals surface area contributed by atoms with E-state index in [0.29, 0.717) is 42.2 Å². The van der Waals surface area contributed by atoms with Crippen LogP contribution in [0.4, 0.5) is 10.6 Å². The van der Waals surface area contributed by atoms with Gasteiger partial charge in [-0.15, -0.1) is 0 Å². The number of anilines is 1. The fourth-order valence-electron chi connectivity index (χ4n) is 4.46. The van der Waals surface area contributed by atoms with E-state index in [9.17, 15) is 14.7 Å². The Labute approximate surface area is 215 Å². The molecule has 0 aliphatic carbocycles. The SMILES string of the molecule is Cc1cc(Br)cc(C(C)C)c1-n1c(=O)nc(N2CCN(C(=O)O)C[C@@H]2C)c2cc(Cl)c(Cl)nc21. The van der Waals surface area contributed by atoms with Crippen LogP contribution in [0.15, 0.2) is 27.5 Å². The number of halogens is 3. The molecule has 11 heteroatoms. The lowest BCUT2D eigenvalue weighted by Gasteiger charge is -2.39. The minimum Gasteiger partial charge on any atom is -0.465 e. The lowest BCUT2D eigenvalue weighted by atomic mass is 9.98. The predicted octanol–water partition coefficient (Wildman–Crippen LogP) is 5.47.